The Morgan fingerprint density at radius 2 is 2.46 bits per heavy atom. The molecule has 0 aliphatic rings. The van der Waals surface area contributed by atoms with Gasteiger partial charge in [-0.15, -0.1) is 11.3 Å². The zero-order valence-electron chi connectivity index (χ0n) is 6.98. The molecule has 13 heavy (non-hydrogen) atoms. The summed E-state index contributed by atoms with van der Waals surface area (Å²) < 4.78 is 0. The normalized spacial score (nSPS) is 10.5. The summed E-state index contributed by atoms with van der Waals surface area (Å²) in [5.74, 6) is -0.899. The summed E-state index contributed by atoms with van der Waals surface area (Å²) in [4.78, 5) is 16.3. The van der Waals surface area contributed by atoms with Crippen molar-refractivity contribution in [2.75, 3.05) is 7.11 Å². The number of carboxylic acids is 1. The van der Waals surface area contributed by atoms with E-state index >= 15 is 0 Å². The number of hydrogen-bond donors (Lipinski definition) is 2. The minimum absolute atomic E-state index is 0.331. The predicted molar refractivity (Wildman–Crippen MR) is 50.5 cm³/mol. The highest BCUT2D eigenvalue weighted by molar-refractivity contribution is 7.14. The molecule has 0 fully saturated rings. The van der Waals surface area contributed by atoms with Gasteiger partial charge in [0.15, 0.2) is 0 Å². The van der Waals surface area contributed by atoms with Gasteiger partial charge in [0.2, 0.25) is 0 Å². The molecule has 0 aliphatic carbocycles. The Morgan fingerprint density at radius 3 is 3.00 bits per heavy atom. The summed E-state index contributed by atoms with van der Waals surface area (Å²) in [6.07, 6.45) is 3.33. The highest BCUT2D eigenvalue weighted by Gasteiger charge is 2.04. The molecule has 0 unspecified atom stereocenters. The SMILES string of the molecule is CONC=Cc1ccc(C(=O)O)s1. The fourth-order valence-corrected chi connectivity index (χ4v) is 1.49. The summed E-state index contributed by atoms with van der Waals surface area (Å²) >= 11 is 1.21. The van der Waals surface area contributed by atoms with Gasteiger partial charge in [0.1, 0.15) is 4.88 Å². The molecule has 0 amide bonds. The van der Waals surface area contributed by atoms with Crippen molar-refractivity contribution in [3.63, 3.8) is 0 Å². The lowest BCUT2D eigenvalue weighted by atomic mass is 10.4. The van der Waals surface area contributed by atoms with Gasteiger partial charge in [-0.3, -0.25) is 10.3 Å². The largest absolute Gasteiger partial charge is 0.477 e. The number of rotatable bonds is 4. The van der Waals surface area contributed by atoms with Gasteiger partial charge in [0, 0.05) is 11.1 Å². The van der Waals surface area contributed by atoms with Crippen LogP contribution in [0.25, 0.3) is 6.08 Å². The molecule has 4 nitrogen and oxygen atoms in total. The number of thiophene rings is 1. The van der Waals surface area contributed by atoms with Crippen LogP contribution in [0.3, 0.4) is 0 Å². The summed E-state index contributed by atoms with van der Waals surface area (Å²) in [6.45, 7) is 0. The Balaban J connectivity index is 2.64. The van der Waals surface area contributed by atoms with Crippen LogP contribution in [-0.4, -0.2) is 18.2 Å². The van der Waals surface area contributed by atoms with E-state index in [1.54, 1.807) is 24.4 Å². The zero-order valence-corrected chi connectivity index (χ0v) is 7.80. The maximum Gasteiger partial charge on any atom is 0.345 e. The highest BCUT2D eigenvalue weighted by Crippen LogP contribution is 2.17. The highest BCUT2D eigenvalue weighted by atomic mass is 32.1. The Hall–Kier alpha value is -1.33. The van der Waals surface area contributed by atoms with E-state index in [0.717, 1.165) is 4.88 Å². The second-order valence-corrected chi connectivity index (χ2v) is 3.28. The molecule has 2 N–H and O–H groups in total. The molecule has 1 heterocycles. The quantitative estimate of drug-likeness (QED) is 0.722. The van der Waals surface area contributed by atoms with Crippen LogP contribution in [0.1, 0.15) is 14.5 Å². The van der Waals surface area contributed by atoms with Crippen LogP contribution in [0.15, 0.2) is 18.3 Å². The molecule has 0 saturated heterocycles. The predicted octanol–water partition coefficient (Wildman–Crippen LogP) is 1.57. The second-order valence-electron chi connectivity index (χ2n) is 2.16. The third kappa shape index (κ3) is 2.89. The van der Waals surface area contributed by atoms with Gasteiger partial charge in [-0.2, -0.15) is 0 Å². The van der Waals surface area contributed by atoms with Crippen LogP contribution in [0, 0.1) is 0 Å². The van der Waals surface area contributed by atoms with Gasteiger partial charge < -0.3 is 5.11 Å². The lowest BCUT2D eigenvalue weighted by molar-refractivity contribution is 0.0702. The maximum atomic E-state index is 10.5. The van der Waals surface area contributed by atoms with E-state index in [4.69, 9.17) is 5.11 Å². The molecule has 0 atom stereocenters. The third-order valence-corrected chi connectivity index (χ3v) is 2.31. The molecule has 0 bridgehead atoms. The Bertz CT molecular complexity index is 319. The average Bonchev–Trinajstić information content (AvgIpc) is 2.53. The topological polar surface area (TPSA) is 58.6 Å². The second kappa shape index (κ2) is 4.64. The van der Waals surface area contributed by atoms with Crippen molar-refractivity contribution in [3.05, 3.63) is 28.1 Å². The number of nitrogens with one attached hydrogen (secondary N) is 1. The molecule has 0 spiro atoms. The van der Waals surface area contributed by atoms with E-state index in [-0.39, 0.29) is 0 Å². The summed E-state index contributed by atoms with van der Waals surface area (Å²) in [7, 11) is 1.50. The van der Waals surface area contributed by atoms with Gasteiger partial charge in [-0.05, 0) is 18.2 Å². The van der Waals surface area contributed by atoms with E-state index in [9.17, 15) is 4.79 Å². The van der Waals surface area contributed by atoms with Gasteiger partial charge in [0.25, 0.3) is 0 Å². The van der Waals surface area contributed by atoms with Crippen LogP contribution >= 0.6 is 11.3 Å². The number of carbonyl (C=O) groups is 1. The van der Waals surface area contributed by atoms with Crippen molar-refractivity contribution < 1.29 is 14.7 Å². The number of hydrogen-bond acceptors (Lipinski definition) is 4. The van der Waals surface area contributed by atoms with E-state index in [1.165, 1.54) is 18.4 Å². The van der Waals surface area contributed by atoms with Crippen molar-refractivity contribution >= 4 is 23.4 Å². The fraction of sp³-hybridized carbons (Fsp3) is 0.125. The summed E-state index contributed by atoms with van der Waals surface area (Å²) in [6, 6.07) is 3.31. The van der Waals surface area contributed by atoms with Crippen molar-refractivity contribution in [1.29, 1.82) is 0 Å². The summed E-state index contributed by atoms with van der Waals surface area (Å²) in [5, 5.41) is 8.62. The molecule has 1 aromatic heterocycles. The minimum Gasteiger partial charge on any atom is -0.477 e. The van der Waals surface area contributed by atoms with Crippen LogP contribution < -0.4 is 5.48 Å². The van der Waals surface area contributed by atoms with Crippen molar-refractivity contribution in [3.8, 4) is 0 Å². The van der Waals surface area contributed by atoms with Gasteiger partial charge >= 0.3 is 5.97 Å². The zero-order chi connectivity index (χ0) is 9.68. The molecular weight excluding hydrogens is 190 g/mol. The average molecular weight is 199 g/mol. The molecule has 0 radical (unpaired) electrons. The standard InChI is InChI=1S/C8H9NO3S/c1-12-9-5-4-6-2-3-7(13-6)8(10)11/h2-5,9H,1H3,(H,10,11). The Morgan fingerprint density at radius 1 is 1.69 bits per heavy atom. The molecule has 0 saturated carbocycles. The smallest absolute Gasteiger partial charge is 0.345 e. The van der Waals surface area contributed by atoms with E-state index in [0.29, 0.717) is 4.88 Å². The van der Waals surface area contributed by atoms with Crippen LogP contribution in [-0.2, 0) is 4.84 Å². The first-order valence-corrected chi connectivity index (χ1v) is 4.34. The van der Waals surface area contributed by atoms with Crippen LogP contribution in [0.2, 0.25) is 0 Å². The third-order valence-electron chi connectivity index (χ3n) is 1.27. The molecular formula is C8H9NO3S. The Kier molecular flexibility index (Phi) is 3.48. The van der Waals surface area contributed by atoms with E-state index < -0.39 is 5.97 Å². The first-order valence-electron chi connectivity index (χ1n) is 3.52. The fourth-order valence-electron chi connectivity index (χ4n) is 0.742. The molecule has 5 heteroatoms. The van der Waals surface area contributed by atoms with Gasteiger partial charge in [0.05, 0.1) is 7.11 Å². The van der Waals surface area contributed by atoms with Crippen molar-refractivity contribution in [2.24, 2.45) is 0 Å². The van der Waals surface area contributed by atoms with Gasteiger partial charge in [-0.25, -0.2) is 4.79 Å². The maximum absolute atomic E-state index is 10.5. The van der Waals surface area contributed by atoms with Crippen LogP contribution in [0.5, 0.6) is 0 Å². The first-order chi connectivity index (χ1) is 6.24. The number of hydroxylamine groups is 1. The first kappa shape index (κ1) is 9.76. The molecule has 70 valence electrons. The summed E-state index contributed by atoms with van der Waals surface area (Å²) in [5.41, 5.74) is 2.51. The Labute approximate surface area is 79.4 Å². The lowest BCUT2D eigenvalue weighted by Gasteiger charge is -1.90. The van der Waals surface area contributed by atoms with Gasteiger partial charge in [-0.1, -0.05) is 0 Å². The van der Waals surface area contributed by atoms with E-state index in [2.05, 4.69) is 10.3 Å². The molecule has 1 rings (SSSR count). The van der Waals surface area contributed by atoms with Crippen molar-refractivity contribution in [2.45, 2.75) is 0 Å². The minimum atomic E-state index is -0.899. The molecule has 0 aliphatic heterocycles. The van der Waals surface area contributed by atoms with Crippen LogP contribution in [0.4, 0.5) is 0 Å². The number of carboxylic acid groups (broad SMARTS) is 1. The van der Waals surface area contributed by atoms with E-state index in [1.807, 2.05) is 0 Å². The van der Waals surface area contributed by atoms with Crippen molar-refractivity contribution in [1.82, 2.24) is 5.48 Å². The molecule has 0 aromatic carbocycles. The molecule has 1 aromatic rings. The lowest BCUT2D eigenvalue weighted by Crippen LogP contribution is -1.99. The monoisotopic (exact) mass is 199 g/mol. The number of aromatic carboxylic acids is 1.